The number of aromatic nitrogens is 3. The van der Waals surface area contributed by atoms with Crippen LogP contribution in [0.25, 0.3) is 5.69 Å². The molecule has 33 heavy (non-hydrogen) atoms. The summed E-state index contributed by atoms with van der Waals surface area (Å²) in [5.74, 6) is 0.284. The molecule has 172 valence electrons. The fourth-order valence-corrected chi connectivity index (χ4v) is 4.49. The maximum atomic E-state index is 12.4. The van der Waals surface area contributed by atoms with Gasteiger partial charge in [0, 0.05) is 11.3 Å². The van der Waals surface area contributed by atoms with E-state index in [0.717, 1.165) is 36.7 Å². The summed E-state index contributed by atoms with van der Waals surface area (Å²) in [6.45, 7) is 4.80. The maximum absolute atomic E-state index is 12.4. The lowest BCUT2D eigenvalue weighted by molar-refractivity contribution is -0.119. The van der Waals surface area contributed by atoms with Crippen LogP contribution in [0.2, 0.25) is 0 Å². The molecule has 9 heteroatoms. The molecule has 1 fully saturated rings. The van der Waals surface area contributed by atoms with Crippen molar-refractivity contribution in [1.29, 1.82) is 0 Å². The molecule has 2 aromatic carbocycles. The van der Waals surface area contributed by atoms with Gasteiger partial charge in [0.15, 0.2) is 11.0 Å². The quantitative estimate of drug-likeness (QED) is 0.412. The van der Waals surface area contributed by atoms with Gasteiger partial charge in [0.2, 0.25) is 5.91 Å². The molecular weight excluding hydrogens is 436 g/mol. The molecular formula is C24H28N6O2S. The van der Waals surface area contributed by atoms with Gasteiger partial charge < -0.3 is 0 Å². The van der Waals surface area contributed by atoms with Crippen LogP contribution in [0.4, 0.5) is 0 Å². The van der Waals surface area contributed by atoms with Crippen molar-refractivity contribution in [3.05, 3.63) is 71.5 Å². The first kappa shape index (κ1) is 23.0. The van der Waals surface area contributed by atoms with Gasteiger partial charge in [0.05, 0.1) is 12.3 Å². The van der Waals surface area contributed by atoms with Crippen molar-refractivity contribution in [2.75, 3.05) is 18.8 Å². The van der Waals surface area contributed by atoms with E-state index >= 15 is 0 Å². The Morgan fingerprint density at radius 3 is 2.39 bits per heavy atom. The van der Waals surface area contributed by atoms with E-state index in [9.17, 15) is 9.59 Å². The maximum Gasteiger partial charge on any atom is 0.269 e. The number of aryl methyl sites for hydroxylation is 1. The molecule has 0 radical (unpaired) electrons. The second-order valence-corrected chi connectivity index (χ2v) is 9.01. The molecule has 3 aromatic rings. The number of rotatable bonds is 7. The number of thioether (sulfide) groups is 1. The number of carbonyl (C=O) groups excluding carboxylic acids is 2. The van der Waals surface area contributed by atoms with Crippen LogP contribution in [0.1, 0.15) is 41.0 Å². The van der Waals surface area contributed by atoms with Gasteiger partial charge in [0.1, 0.15) is 0 Å². The summed E-state index contributed by atoms with van der Waals surface area (Å²) in [5, 5.41) is 9.44. The predicted molar refractivity (Wildman–Crippen MR) is 128 cm³/mol. The fourth-order valence-electron chi connectivity index (χ4n) is 3.72. The third kappa shape index (κ3) is 6.21. The lowest BCUT2D eigenvalue weighted by Crippen LogP contribution is -2.42. The lowest BCUT2D eigenvalue weighted by Gasteiger charge is -2.26. The second-order valence-electron chi connectivity index (χ2n) is 8.06. The molecule has 0 bridgehead atoms. The van der Waals surface area contributed by atoms with Gasteiger partial charge in [-0.25, -0.2) is 0 Å². The summed E-state index contributed by atoms with van der Waals surface area (Å²) in [4.78, 5) is 27.0. The van der Waals surface area contributed by atoms with E-state index in [1.54, 1.807) is 12.1 Å². The number of hydrogen-bond acceptors (Lipinski definition) is 6. The van der Waals surface area contributed by atoms with Crippen LogP contribution in [0.3, 0.4) is 0 Å². The molecule has 0 spiro atoms. The summed E-state index contributed by atoms with van der Waals surface area (Å²) in [5.41, 5.74) is 7.44. The highest BCUT2D eigenvalue weighted by Crippen LogP contribution is 2.23. The van der Waals surface area contributed by atoms with E-state index in [2.05, 4.69) is 25.9 Å². The van der Waals surface area contributed by atoms with Crippen molar-refractivity contribution in [1.82, 2.24) is 30.5 Å². The number of carbonyl (C=O) groups is 2. The first-order valence-electron chi connectivity index (χ1n) is 11.1. The molecule has 0 unspecified atom stereocenters. The van der Waals surface area contributed by atoms with Crippen LogP contribution < -0.4 is 10.9 Å². The molecule has 1 aliphatic rings. The van der Waals surface area contributed by atoms with Crippen molar-refractivity contribution in [2.45, 2.75) is 37.9 Å². The summed E-state index contributed by atoms with van der Waals surface area (Å²) in [6, 6.07) is 17.1. The largest absolute Gasteiger partial charge is 0.296 e. The standard InChI is InChI=1S/C24H28N6O2S/c1-18-10-12-19(13-11-18)23(32)27-26-22(31)17-33-24-28-25-21(16-29-14-6-3-7-15-29)30(24)20-8-4-2-5-9-20/h2,4-5,8-13H,3,6-7,14-17H2,1H3,(H,26,31)(H,27,32). The Kier molecular flexibility index (Phi) is 7.74. The Morgan fingerprint density at radius 1 is 0.939 bits per heavy atom. The van der Waals surface area contributed by atoms with Gasteiger partial charge in [-0.1, -0.05) is 54.1 Å². The predicted octanol–water partition coefficient (Wildman–Crippen LogP) is 3.11. The monoisotopic (exact) mass is 464 g/mol. The Morgan fingerprint density at radius 2 is 1.67 bits per heavy atom. The highest BCUT2D eigenvalue weighted by atomic mass is 32.2. The molecule has 1 aliphatic heterocycles. The van der Waals surface area contributed by atoms with Crippen LogP contribution >= 0.6 is 11.8 Å². The summed E-state index contributed by atoms with van der Waals surface area (Å²) in [6.07, 6.45) is 3.68. The molecule has 1 aromatic heterocycles. The zero-order valence-electron chi connectivity index (χ0n) is 18.7. The van der Waals surface area contributed by atoms with Gasteiger partial charge in [0.25, 0.3) is 5.91 Å². The normalized spacial score (nSPS) is 14.1. The third-order valence-electron chi connectivity index (χ3n) is 5.49. The van der Waals surface area contributed by atoms with Gasteiger partial charge in [-0.05, 0) is 57.1 Å². The third-order valence-corrected chi connectivity index (χ3v) is 6.42. The minimum Gasteiger partial charge on any atom is -0.296 e. The molecule has 2 amide bonds. The van der Waals surface area contributed by atoms with Crippen LogP contribution in [0.5, 0.6) is 0 Å². The number of hydrogen-bond donors (Lipinski definition) is 2. The van der Waals surface area contributed by atoms with Crippen LogP contribution in [0, 0.1) is 6.92 Å². The van der Waals surface area contributed by atoms with E-state index in [4.69, 9.17) is 0 Å². The molecule has 2 heterocycles. The number of para-hydroxylation sites is 1. The molecule has 0 atom stereocenters. The number of likely N-dealkylation sites (tertiary alicyclic amines) is 1. The van der Waals surface area contributed by atoms with Crippen molar-refractivity contribution in [3.63, 3.8) is 0 Å². The lowest BCUT2D eigenvalue weighted by atomic mass is 10.1. The number of amides is 2. The molecule has 0 saturated carbocycles. The molecule has 0 aliphatic carbocycles. The highest BCUT2D eigenvalue weighted by Gasteiger charge is 2.19. The van der Waals surface area contributed by atoms with Crippen molar-refractivity contribution >= 4 is 23.6 Å². The Bertz CT molecular complexity index is 1080. The number of piperidine rings is 1. The number of hydrazine groups is 1. The first-order valence-corrected chi connectivity index (χ1v) is 12.1. The summed E-state index contributed by atoms with van der Waals surface area (Å²) < 4.78 is 2.01. The van der Waals surface area contributed by atoms with Gasteiger partial charge in [-0.3, -0.25) is 29.9 Å². The van der Waals surface area contributed by atoms with Crippen LogP contribution in [-0.4, -0.2) is 50.3 Å². The summed E-state index contributed by atoms with van der Waals surface area (Å²) in [7, 11) is 0. The minimum absolute atomic E-state index is 0.100. The van der Waals surface area contributed by atoms with E-state index in [0.29, 0.717) is 10.7 Å². The van der Waals surface area contributed by atoms with Gasteiger partial charge >= 0.3 is 0 Å². The van der Waals surface area contributed by atoms with E-state index in [1.807, 2.05) is 54.0 Å². The molecule has 8 nitrogen and oxygen atoms in total. The van der Waals surface area contributed by atoms with Crippen LogP contribution in [-0.2, 0) is 11.3 Å². The van der Waals surface area contributed by atoms with E-state index < -0.39 is 0 Å². The van der Waals surface area contributed by atoms with Gasteiger partial charge in [-0.15, -0.1) is 10.2 Å². The summed E-state index contributed by atoms with van der Waals surface area (Å²) >= 11 is 1.29. The fraction of sp³-hybridized carbons (Fsp3) is 0.333. The molecule has 2 N–H and O–H groups in total. The molecule has 4 rings (SSSR count). The Balaban J connectivity index is 1.39. The number of nitrogens with one attached hydrogen (secondary N) is 2. The average Bonchev–Trinajstić information content (AvgIpc) is 3.25. The Hall–Kier alpha value is -3.17. The minimum atomic E-state index is -0.357. The number of benzene rings is 2. The average molecular weight is 465 g/mol. The highest BCUT2D eigenvalue weighted by molar-refractivity contribution is 7.99. The van der Waals surface area contributed by atoms with Gasteiger partial charge in [-0.2, -0.15) is 0 Å². The van der Waals surface area contributed by atoms with E-state index in [-0.39, 0.29) is 17.6 Å². The Labute approximate surface area is 197 Å². The van der Waals surface area contributed by atoms with Crippen LogP contribution in [0.15, 0.2) is 59.8 Å². The topological polar surface area (TPSA) is 92.2 Å². The second kappa shape index (κ2) is 11.1. The smallest absolute Gasteiger partial charge is 0.269 e. The van der Waals surface area contributed by atoms with E-state index in [1.165, 1.54) is 31.0 Å². The zero-order chi connectivity index (χ0) is 23.0. The SMILES string of the molecule is Cc1ccc(C(=O)NNC(=O)CSc2nnc(CN3CCCCC3)n2-c2ccccc2)cc1. The zero-order valence-corrected chi connectivity index (χ0v) is 19.5. The number of nitrogens with zero attached hydrogens (tertiary/aromatic N) is 4. The van der Waals surface area contributed by atoms with Crippen molar-refractivity contribution in [2.24, 2.45) is 0 Å². The van der Waals surface area contributed by atoms with Crippen molar-refractivity contribution in [3.8, 4) is 5.69 Å². The molecule has 1 saturated heterocycles. The first-order chi connectivity index (χ1) is 16.1. The van der Waals surface area contributed by atoms with Crippen molar-refractivity contribution < 1.29 is 9.59 Å².